The third-order valence-corrected chi connectivity index (χ3v) is 5.09. The van der Waals surface area contributed by atoms with Crippen molar-refractivity contribution in [1.29, 1.82) is 0 Å². The van der Waals surface area contributed by atoms with Crippen molar-refractivity contribution in [1.82, 2.24) is 20.2 Å². The topological polar surface area (TPSA) is 72.2 Å². The molecule has 0 saturated carbocycles. The molecule has 1 heterocycles. The molecule has 0 unspecified atom stereocenters. The van der Waals surface area contributed by atoms with Crippen LogP contribution >= 0.6 is 11.8 Å². The fourth-order valence-electron chi connectivity index (χ4n) is 2.69. The van der Waals surface area contributed by atoms with Gasteiger partial charge in [-0.15, -0.1) is 10.2 Å². The maximum atomic E-state index is 12.1. The number of aromatic nitrogens is 3. The first-order valence-corrected chi connectivity index (χ1v) is 10.1. The summed E-state index contributed by atoms with van der Waals surface area (Å²) in [5, 5.41) is 13.3. The second kappa shape index (κ2) is 9.32. The summed E-state index contributed by atoms with van der Waals surface area (Å²) in [6.45, 7) is 6.83. The summed E-state index contributed by atoms with van der Waals surface area (Å²) < 4.78 is 2.01. The second-order valence-electron chi connectivity index (χ2n) is 6.41. The predicted octanol–water partition coefficient (Wildman–Crippen LogP) is 3.82. The van der Waals surface area contributed by atoms with Crippen molar-refractivity contribution in [2.45, 2.75) is 32.5 Å². The highest BCUT2D eigenvalue weighted by molar-refractivity contribution is 7.99. The highest BCUT2D eigenvalue weighted by atomic mass is 32.2. The van der Waals surface area contributed by atoms with Gasteiger partial charge in [0.15, 0.2) is 11.0 Å². The van der Waals surface area contributed by atoms with E-state index in [0.29, 0.717) is 0 Å². The Hall–Kier alpha value is -2.93. The highest BCUT2D eigenvalue weighted by Crippen LogP contribution is 2.24. The van der Waals surface area contributed by atoms with E-state index >= 15 is 0 Å². The fourth-order valence-corrected chi connectivity index (χ4v) is 3.48. The summed E-state index contributed by atoms with van der Waals surface area (Å²) in [7, 11) is 0. The van der Waals surface area contributed by atoms with Crippen molar-refractivity contribution in [2.24, 2.45) is 5.10 Å². The van der Waals surface area contributed by atoms with E-state index in [1.54, 1.807) is 6.21 Å². The van der Waals surface area contributed by atoms with Gasteiger partial charge >= 0.3 is 0 Å². The molecule has 3 rings (SSSR count). The monoisotopic (exact) mass is 393 g/mol. The van der Waals surface area contributed by atoms with Crippen LogP contribution in [0.5, 0.6) is 0 Å². The van der Waals surface area contributed by atoms with E-state index in [2.05, 4.69) is 39.8 Å². The summed E-state index contributed by atoms with van der Waals surface area (Å²) in [5.41, 5.74) is 6.86. The Morgan fingerprint density at radius 2 is 1.93 bits per heavy atom. The van der Waals surface area contributed by atoms with Crippen molar-refractivity contribution < 1.29 is 4.79 Å². The Kier molecular flexibility index (Phi) is 6.60. The highest BCUT2D eigenvalue weighted by Gasteiger charge is 2.14. The largest absolute Gasteiger partial charge is 0.302 e. The van der Waals surface area contributed by atoms with Crippen LogP contribution in [-0.4, -0.2) is 32.6 Å². The molecule has 3 aromatic rings. The third-order valence-electron chi connectivity index (χ3n) is 4.12. The number of benzene rings is 2. The number of nitrogens with zero attached hydrogens (tertiary/aromatic N) is 4. The molecule has 0 bridgehead atoms. The Bertz CT molecular complexity index is 979. The maximum absolute atomic E-state index is 12.1. The van der Waals surface area contributed by atoms with Gasteiger partial charge in [-0.1, -0.05) is 71.4 Å². The standard InChI is InChI=1S/C21H23N5OS/c1-4-26-20(18-10-8-15(2)9-11-18)24-25-21(26)28-14-19(27)23-22-13-17-7-5-6-16(3)12-17/h5-13H,4,14H2,1-3H3,(H,23,27)/b22-13+. The lowest BCUT2D eigenvalue weighted by atomic mass is 10.1. The summed E-state index contributed by atoms with van der Waals surface area (Å²) in [5.74, 6) is 0.844. The molecule has 0 fully saturated rings. The number of rotatable bonds is 7. The minimum Gasteiger partial charge on any atom is -0.302 e. The van der Waals surface area contributed by atoms with Crippen LogP contribution < -0.4 is 5.43 Å². The molecular formula is C21H23N5OS. The van der Waals surface area contributed by atoms with Crippen LogP contribution in [0.15, 0.2) is 58.8 Å². The molecule has 28 heavy (non-hydrogen) atoms. The molecule has 1 N–H and O–H groups in total. The Balaban J connectivity index is 1.59. The molecular weight excluding hydrogens is 370 g/mol. The average molecular weight is 394 g/mol. The van der Waals surface area contributed by atoms with E-state index < -0.39 is 0 Å². The van der Waals surface area contributed by atoms with Gasteiger partial charge in [-0.2, -0.15) is 5.10 Å². The summed E-state index contributed by atoms with van der Waals surface area (Å²) >= 11 is 1.35. The van der Waals surface area contributed by atoms with Gasteiger partial charge in [0.25, 0.3) is 5.91 Å². The van der Waals surface area contributed by atoms with Gasteiger partial charge in [0, 0.05) is 12.1 Å². The molecule has 0 aliphatic carbocycles. The van der Waals surface area contributed by atoms with Gasteiger partial charge in [0.1, 0.15) is 0 Å². The van der Waals surface area contributed by atoms with Gasteiger partial charge < -0.3 is 4.57 Å². The van der Waals surface area contributed by atoms with Crippen LogP contribution in [0.3, 0.4) is 0 Å². The zero-order valence-electron chi connectivity index (χ0n) is 16.2. The van der Waals surface area contributed by atoms with Crippen LogP contribution in [0.2, 0.25) is 0 Å². The lowest BCUT2D eigenvalue weighted by Gasteiger charge is -2.07. The van der Waals surface area contributed by atoms with Gasteiger partial charge in [-0.05, 0) is 26.3 Å². The number of carbonyl (C=O) groups excluding carboxylic acids is 1. The molecule has 0 atom stereocenters. The van der Waals surface area contributed by atoms with E-state index in [1.165, 1.54) is 17.3 Å². The summed E-state index contributed by atoms with van der Waals surface area (Å²) in [4.78, 5) is 12.1. The molecule has 1 aromatic heterocycles. The third kappa shape index (κ3) is 5.07. The van der Waals surface area contributed by atoms with Gasteiger partial charge in [0.05, 0.1) is 12.0 Å². The normalized spacial score (nSPS) is 11.1. The quantitative estimate of drug-likeness (QED) is 0.376. The number of aryl methyl sites for hydroxylation is 2. The SMILES string of the molecule is CCn1c(SCC(=O)N/N=C/c2cccc(C)c2)nnc1-c1ccc(C)cc1. The van der Waals surface area contributed by atoms with Crippen molar-refractivity contribution in [2.75, 3.05) is 5.75 Å². The lowest BCUT2D eigenvalue weighted by molar-refractivity contribution is -0.118. The van der Waals surface area contributed by atoms with Crippen molar-refractivity contribution >= 4 is 23.9 Å². The molecule has 0 aliphatic heterocycles. The number of amides is 1. The molecule has 0 aliphatic rings. The van der Waals surface area contributed by atoms with E-state index in [-0.39, 0.29) is 11.7 Å². The smallest absolute Gasteiger partial charge is 0.250 e. The predicted molar refractivity (Wildman–Crippen MR) is 114 cm³/mol. The van der Waals surface area contributed by atoms with E-state index in [1.807, 2.05) is 54.8 Å². The molecule has 7 heteroatoms. The number of hydrogen-bond acceptors (Lipinski definition) is 5. The van der Waals surface area contributed by atoms with Crippen LogP contribution in [-0.2, 0) is 11.3 Å². The molecule has 2 aromatic carbocycles. The number of nitrogens with one attached hydrogen (secondary N) is 1. The number of thioether (sulfide) groups is 1. The Morgan fingerprint density at radius 1 is 1.14 bits per heavy atom. The fraction of sp³-hybridized carbons (Fsp3) is 0.238. The lowest BCUT2D eigenvalue weighted by Crippen LogP contribution is -2.20. The first-order valence-electron chi connectivity index (χ1n) is 9.08. The first kappa shape index (κ1) is 19.8. The molecule has 0 radical (unpaired) electrons. The molecule has 144 valence electrons. The zero-order chi connectivity index (χ0) is 19.9. The average Bonchev–Trinajstić information content (AvgIpc) is 3.10. The minimum absolute atomic E-state index is 0.184. The zero-order valence-corrected chi connectivity index (χ0v) is 17.0. The molecule has 0 saturated heterocycles. The van der Waals surface area contributed by atoms with Crippen molar-refractivity contribution in [3.63, 3.8) is 0 Å². The van der Waals surface area contributed by atoms with Crippen molar-refractivity contribution in [3.05, 3.63) is 65.2 Å². The van der Waals surface area contributed by atoms with E-state index in [4.69, 9.17) is 0 Å². The van der Waals surface area contributed by atoms with Gasteiger partial charge in [-0.25, -0.2) is 5.43 Å². The minimum atomic E-state index is -0.184. The number of carbonyl (C=O) groups is 1. The molecule has 1 amide bonds. The summed E-state index contributed by atoms with van der Waals surface area (Å²) in [6, 6.07) is 16.1. The van der Waals surface area contributed by atoms with Crippen LogP contribution in [0.25, 0.3) is 11.4 Å². The Morgan fingerprint density at radius 3 is 2.64 bits per heavy atom. The van der Waals surface area contributed by atoms with Crippen LogP contribution in [0.4, 0.5) is 0 Å². The van der Waals surface area contributed by atoms with Crippen LogP contribution in [0, 0.1) is 13.8 Å². The Labute approximate surface area is 169 Å². The second-order valence-corrected chi connectivity index (χ2v) is 7.35. The van der Waals surface area contributed by atoms with Crippen molar-refractivity contribution in [3.8, 4) is 11.4 Å². The number of hydrogen-bond donors (Lipinski definition) is 1. The van der Waals surface area contributed by atoms with E-state index in [9.17, 15) is 4.79 Å². The van der Waals surface area contributed by atoms with Gasteiger partial charge in [0.2, 0.25) is 0 Å². The first-order chi connectivity index (χ1) is 13.6. The maximum Gasteiger partial charge on any atom is 0.250 e. The summed E-state index contributed by atoms with van der Waals surface area (Å²) in [6.07, 6.45) is 1.64. The molecule has 6 nitrogen and oxygen atoms in total. The number of hydrazone groups is 1. The molecule has 0 spiro atoms. The van der Waals surface area contributed by atoms with Crippen LogP contribution in [0.1, 0.15) is 23.6 Å². The van der Waals surface area contributed by atoms with E-state index in [0.717, 1.165) is 34.2 Å². The van der Waals surface area contributed by atoms with Gasteiger partial charge in [-0.3, -0.25) is 4.79 Å².